The maximum absolute atomic E-state index is 5.82. The lowest BCUT2D eigenvalue weighted by Gasteiger charge is -2.18. The molecule has 3 heteroatoms. The minimum Gasteiger partial charge on any atom is -0.271 e. The summed E-state index contributed by atoms with van der Waals surface area (Å²) in [5.74, 6) is 8.33. The minimum atomic E-state index is 0.271. The van der Waals surface area contributed by atoms with E-state index in [2.05, 4.69) is 34.7 Å². The number of nitrogens with one attached hydrogen (secondary N) is 1. The van der Waals surface area contributed by atoms with Crippen LogP contribution in [-0.4, -0.2) is 4.98 Å². The fourth-order valence-corrected chi connectivity index (χ4v) is 4.06. The van der Waals surface area contributed by atoms with Crippen LogP contribution >= 0.6 is 0 Å². The number of benzene rings is 1. The van der Waals surface area contributed by atoms with Gasteiger partial charge in [-0.05, 0) is 48.3 Å². The van der Waals surface area contributed by atoms with Crippen LogP contribution in [0.5, 0.6) is 0 Å². The van der Waals surface area contributed by atoms with Gasteiger partial charge in [-0.3, -0.25) is 16.3 Å². The summed E-state index contributed by atoms with van der Waals surface area (Å²) in [6.07, 6.45) is 6.16. The number of hydrogen-bond donors (Lipinski definition) is 2. The van der Waals surface area contributed by atoms with Gasteiger partial charge < -0.3 is 0 Å². The molecule has 1 aromatic carbocycles. The van der Waals surface area contributed by atoms with Crippen molar-refractivity contribution in [1.29, 1.82) is 0 Å². The van der Waals surface area contributed by atoms with Gasteiger partial charge >= 0.3 is 0 Å². The van der Waals surface area contributed by atoms with Gasteiger partial charge in [-0.15, -0.1) is 0 Å². The van der Waals surface area contributed by atoms with Crippen molar-refractivity contribution < 1.29 is 0 Å². The van der Waals surface area contributed by atoms with Gasteiger partial charge in [-0.25, -0.2) is 0 Å². The summed E-state index contributed by atoms with van der Waals surface area (Å²) in [4.78, 5) is 4.56. The molecule has 2 aliphatic rings. The molecule has 2 aromatic rings. The molecule has 1 aromatic heterocycles. The van der Waals surface area contributed by atoms with Crippen LogP contribution in [0.2, 0.25) is 0 Å². The number of aromatic nitrogens is 1. The van der Waals surface area contributed by atoms with E-state index >= 15 is 0 Å². The number of para-hydroxylation sites is 1. The molecule has 3 nitrogen and oxygen atoms in total. The number of fused-ring (bicyclic) bond motifs is 2. The highest BCUT2D eigenvalue weighted by Gasteiger charge is 2.55. The molecule has 98 valence electrons. The Balaban J connectivity index is 1.68. The number of nitrogens with zero attached hydrogens (tertiary/aromatic N) is 1. The van der Waals surface area contributed by atoms with Gasteiger partial charge in [-0.2, -0.15) is 0 Å². The van der Waals surface area contributed by atoms with E-state index in [0.29, 0.717) is 0 Å². The van der Waals surface area contributed by atoms with E-state index in [1.165, 1.54) is 30.2 Å². The Morgan fingerprint density at radius 2 is 2.00 bits per heavy atom. The van der Waals surface area contributed by atoms with Gasteiger partial charge in [-0.1, -0.05) is 24.6 Å². The van der Waals surface area contributed by atoms with Gasteiger partial charge in [0.15, 0.2) is 0 Å². The van der Waals surface area contributed by atoms with Crippen molar-refractivity contribution in [2.45, 2.75) is 25.3 Å². The number of hydrogen-bond acceptors (Lipinski definition) is 3. The van der Waals surface area contributed by atoms with Gasteiger partial charge in [0.25, 0.3) is 0 Å². The highest BCUT2D eigenvalue weighted by atomic mass is 15.2. The lowest BCUT2D eigenvalue weighted by atomic mass is 9.97. The summed E-state index contributed by atoms with van der Waals surface area (Å²) in [7, 11) is 0. The fourth-order valence-electron chi connectivity index (χ4n) is 4.06. The standard InChI is InChI=1S/C16H19N3/c17-19-16(15-12-5-3-6-13(12)15)11-8-10-4-1-2-7-14(10)18-9-11/h1-2,4,7-9,12-13,15-16,19H,3,5-6,17H2. The first kappa shape index (κ1) is 11.4. The second kappa shape index (κ2) is 4.29. The second-order valence-corrected chi connectivity index (χ2v) is 5.94. The van der Waals surface area contributed by atoms with E-state index in [1.807, 2.05) is 12.3 Å². The Kier molecular flexibility index (Phi) is 2.57. The third-order valence-electron chi connectivity index (χ3n) is 5.01. The SMILES string of the molecule is NNC(c1cnc2ccccc2c1)C1C2CCCC21. The molecule has 0 saturated heterocycles. The molecule has 2 fully saturated rings. The summed E-state index contributed by atoms with van der Waals surface area (Å²) in [5, 5.41) is 1.20. The first-order valence-corrected chi connectivity index (χ1v) is 7.19. The zero-order chi connectivity index (χ0) is 12.8. The average Bonchev–Trinajstić information content (AvgIpc) is 2.92. The Bertz CT molecular complexity index is 600. The van der Waals surface area contributed by atoms with E-state index in [9.17, 15) is 0 Å². The molecule has 0 bridgehead atoms. The molecule has 3 unspecified atom stereocenters. The summed E-state index contributed by atoms with van der Waals surface area (Å²) in [5.41, 5.74) is 5.32. The van der Waals surface area contributed by atoms with Crippen molar-refractivity contribution >= 4 is 10.9 Å². The normalized spacial score (nSPS) is 30.3. The van der Waals surface area contributed by atoms with Crippen LogP contribution in [0.1, 0.15) is 30.9 Å². The molecule has 0 aliphatic heterocycles. The van der Waals surface area contributed by atoms with E-state index in [1.54, 1.807) is 0 Å². The lowest BCUT2D eigenvalue weighted by molar-refractivity contribution is 0.425. The molecule has 2 aliphatic carbocycles. The van der Waals surface area contributed by atoms with E-state index in [4.69, 9.17) is 5.84 Å². The van der Waals surface area contributed by atoms with E-state index < -0.39 is 0 Å². The molecular weight excluding hydrogens is 234 g/mol. The van der Waals surface area contributed by atoms with Crippen LogP contribution in [-0.2, 0) is 0 Å². The van der Waals surface area contributed by atoms with Gasteiger partial charge in [0.05, 0.1) is 11.6 Å². The minimum absolute atomic E-state index is 0.271. The summed E-state index contributed by atoms with van der Waals surface area (Å²) >= 11 is 0. The number of nitrogens with two attached hydrogens (primary N) is 1. The van der Waals surface area contributed by atoms with Crippen LogP contribution in [0.25, 0.3) is 10.9 Å². The molecular formula is C16H19N3. The Morgan fingerprint density at radius 3 is 2.79 bits per heavy atom. The zero-order valence-electron chi connectivity index (χ0n) is 10.9. The molecule has 0 amide bonds. The van der Waals surface area contributed by atoms with Crippen molar-refractivity contribution in [3.8, 4) is 0 Å². The predicted octanol–water partition coefficient (Wildman–Crippen LogP) is 2.79. The van der Waals surface area contributed by atoms with Crippen LogP contribution in [0.3, 0.4) is 0 Å². The monoisotopic (exact) mass is 253 g/mol. The van der Waals surface area contributed by atoms with Crippen LogP contribution in [0, 0.1) is 17.8 Å². The molecule has 0 spiro atoms. The maximum Gasteiger partial charge on any atom is 0.0702 e. The lowest BCUT2D eigenvalue weighted by Crippen LogP contribution is -2.30. The Hall–Kier alpha value is -1.45. The van der Waals surface area contributed by atoms with Crippen molar-refractivity contribution in [2.24, 2.45) is 23.6 Å². The number of rotatable bonds is 3. The molecule has 4 rings (SSSR count). The summed E-state index contributed by atoms with van der Waals surface area (Å²) in [6.45, 7) is 0. The third-order valence-corrected chi connectivity index (χ3v) is 5.01. The van der Waals surface area contributed by atoms with Gasteiger partial charge in [0.2, 0.25) is 0 Å². The Morgan fingerprint density at radius 1 is 1.21 bits per heavy atom. The maximum atomic E-state index is 5.82. The highest BCUT2D eigenvalue weighted by Crippen LogP contribution is 2.62. The molecule has 1 heterocycles. The Labute approximate surface area is 113 Å². The molecule has 3 N–H and O–H groups in total. The van der Waals surface area contributed by atoms with Crippen molar-refractivity contribution in [3.63, 3.8) is 0 Å². The van der Waals surface area contributed by atoms with E-state index in [0.717, 1.165) is 23.3 Å². The highest BCUT2D eigenvalue weighted by molar-refractivity contribution is 5.78. The fraction of sp³-hybridized carbons (Fsp3) is 0.438. The largest absolute Gasteiger partial charge is 0.271 e. The second-order valence-electron chi connectivity index (χ2n) is 5.94. The van der Waals surface area contributed by atoms with Crippen LogP contribution in [0.15, 0.2) is 36.5 Å². The quantitative estimate of drug-likeness (QED) is 0.653. The average molecular weight is 253 g/mol. The smallest absolute Gasteiger partial charge is 0.0702 e. The summed E-state index contributed by atoms with van der Waals surface area (Å²) in [6, 6.07) is 10.8. The summed E-state index contributed by atoms with van der Waals surface area (Å²) < 4.78 is 0. The molecule has 0 radical (unpaired) electrons. The van der Waals surface area contributed by atoms with Crippen molar-refractivity contribution in [1.82, 2.24) is 10.4 Å². The van der Waals surface area contributed by atoms with Gasteiger partial charge in [0.1, 0.15) is 0 Å². The first-order chi connectivity index (χ1) is 9.38. The predicted molar refractivity (Wildman–Crippen MR) is 76.1 cm³/mol. The van der Waals surface area contributed by atoms with Crippen molar-refractivity contribution in [3.05, 3.63) is 42.1 Å². The first-order valence-electron chi connectivity index (χ1n) is 7.19. The van der Waals surface area contributed by atoms with Crippen molar-refractivity contribution in [2.75, 3.05) is 0 Å². The molecule has 3 atom stereocenters. The van der Waals surface area contributed by atoms with Crippen LogP contribution in [0.4, 0.5) is 0 Å². The van der Waals surface area contributed by atoms with E-state index in [-0.39, 0.29) is 6.04 Å². The van der Waals surface area contributed by atoms with Gasteiger partial charge in [0, 0.05) is 11.6 Å². The number of hydrazine groups is 1. The zero-order valence-corrected chi connectivity index (χ0v) is 10.9. The molecule has 19 heavy (non-hydrogen) atoms. The topological polar surface area (TPSA) is 50.9 Å². The third kappa shape index (κ3) is 1.77. The number of pyridine rings is 1. The van der Waals surface area contributed by atoms with Crippen LogP contribution < -0.4 is 11.3 Å². The molecule has 2 saturated carbocycles.